The van der Waals surface area contributed by atoms with Crippen LogP contribution in [0.5, 0.6) is 0 Å². The summed E-state index contributed by atoms with van der Waals surface area (Å²) in [6, 6.07) is 2.85. The summed E-state index contributed by atoms with van der Waals surface area (Å²) in [6.07, 6.45) is 0.479. The normalized spacial score (nSPS) is 9.27. The molecule has 0 unspecified atom stereocenters. The van der Waals surface area contributed by atoms with Crippen molar-refractivity contribution in [3.63, 3.8) is 0 Å². The summed E-state index contributed by atoms with van der Waals surface area (Å²) in [5.41, 5.74) is -0.201. The molecule has 0 atom stereocenters. The van der Waals surface area contributed by atoms with E-state index in [1.165, 1.54) is 0 Å². The third kappa shape index (κ3) is 3.17. The van der Waals surface area contributed by atoms with Gasteiger partial charge in [0.1, 0.15) is 11.6 Å². The van der Waals surface area contributed by atoms with Gasteiger partial charge in [-0.05, 0) is 25.1 Å². The predicted octanol–water partition coefficient (Wildman–Crippen LogP) is 2.95. The van der Waals surface area contributed by atoms with E-state index in [9.17, 15) is 13.6 Å². The lowest BCUT2D eigenvalue weighted by molar-refractivity contribution is 0.0980. The molecule has 0 aromatic heterocycles. The van der Waals surface area contributed by atoms with E-state index in [0.29, 0.717) is 6.42 Å². The van der Waals surface area contributed by atoms with E-state index in [1.807, 2.05) is 0 Å². The fourth-order valence-electron chi connectivity index (χ4n) is 1.15. The Balaban J connectivity index is 2.80. The minimum absolute atomic E-state index is 0.112. The van der Waals surface area contributed by atoms with Crippen LogP contribution in [0.2, 0.25) is 0 Å². The number of hydrogen-bond donors (Lipinski definition) is 0. The maximum atomic E-state index is 13.1. The van der Waals surface area contributed by atoms with Crippen molar-refractivity contribution < 1.29 is 13.6 Å². The fraction of sp³-hybridized carbons (Fsp3) is 0.250. The summed E-state index contributed by atoms with van der Waals surface area (Å²) in [5, 5.41) is 0. The molecule has 0 saturated carbocycles. The first-order chi connectivity index (χ1) is 7.15. The van der Waals surface area contributed by atoms with Crippen molar-refractivity contribution in [1.82, 2.24) is 0 Å². The smallest absolute Gasteiger partial charge is 0.166 e. The van der Waals surface area contributed by atoms with Gasteiger partial charge in [-0.25, -0.2) is 8.78 Å². The molecule has 1 rings (SSSR count). The molecule has 3 heteroatoms. The van der Waals surface area contributed by atoms with Gasteiger partial charge in [-0.15, -0.1) is 11.8 Å². The van der Waals surface area contributed by atoms with Gasteiger partial charge in [0.05, 0.1) is 5.56 Å². The van der Waals surface area contributed by atoms with Crippen LogP contribution in [0.25, 0.3) is 0 Å². The lowest BCUT2D eigenvalue weighted by Gasteiger charge is -2.00. The maximum absolute atomic E-state index is 13.1. The Morgan fingerprint density at radius 3 is 2.80 bits per heavy atom. The van der Waals surface area contributed by atoms with E-state index in [-0.39, 0.29) is 12.0 Å². The highest BCUT2D eigenvalue weighted by atomic mass is 19.1. The molecule has 15 heavy (non-hydrogen) atoms. The van der Waals surface area contributed by atoms with Crippen LogP contribution >= 0.6 is 0 Å². The fourth-order valence-corrected chi connectivity index (χ4v) is 1.15. The lowest BCUT2D eigenvalue weighted by atomic mass is 10.1. The quantitative estimate of drug-likeness (QED) is 0.551. The van der Waals surface area contributed by atoms with Crippen molar-refractivity contribution in [3.05, 3.63) is 35.4 Å². The Hall–Kier alpha value is -1.69. The Morgan fingerprint density at radius 1 is 1.40 bits per heavy atom. The minimum atomic E-state index is -0.689. The van der Waals surface area contributed by atoms with Gasteiger partial charge in [0.2, 0.25) is 0 Å². The summed E-state index contributed by atoms with van der Waals surface area (Å²) < 4.78 is 25.9. The number of rotatable bonds is 3. The van der Waals surface area contributed by atoms with Gasteiger partial charge in [0, 0.05) is 12.8 Å². The van der Waals surface area contributed by atoms with E-state index in [4.69, 9.17) is 0 Å². The molecule has 0 spiro atoms. The van der Waals surface area contributed by atoms with E-state index >= 15 is 0 Å². The predicted molar refractivity (Wildman–Crippen MR) is 53.4 cm³/mol. The Kier molecular flexibility index (Phi) is 3.99. The Labute approximate surface area is 87.1 Å². The molecule has 0 aliphatic rings. The molecular weight excluding hydrogens is 198 g/mol. The van der Waals surface area contributed by atoms with E-state index in [0.717, 1.165) is 18.2 Å². The average Bonchev–Trinajstić information content (AvgIpc) is 2.22. The van der Waals surface area contributed by atoms with Crippen LogP contribution in [0.15, 0.2) is 18.2 Å². The summed E-state index contributed by atoms with van der Waals surface area (Å²) in [5.74, 6) is 3.61. The van der Waals surface area contributed by atoms with Crippen molar-refractivity contribution in [2.45, 2.75) is 19.8 Å². The van der Waals surface area contributed by atoms with Crippen molar-refractivity contribution in [1.29, 1.82) is 0 Å². The number of Topliss-reactive ketones (excluding diaryl/α,β-unsaturated/α-hetero) is 1. The Bertz CT molecular complexity index is 427. The molecule has 0 bridgehead atoms. The van der Waals surface area contributed by atoms with Crippen LogP contribution in [-0.2, 0) is 0 Å². The van der Waals surface area contributed by atoms with Gasteiger partial charge < -0.3 is 0 Å². The van der Waals surface area contributed by atoms with Gasteiger partial charge in [0.25, 0.3) is 0 Å². The minimum Gasteiger partial charge on any atom is -0.294 e. The number of benzene rings is 1. The molecule has 1 nitrogen and oxygen atoms in total. The number of carbonyl (C=O) groups is 1. The zero-order valence-electron chi connectivity index (χ0n) is 8.31. The molecule has 0 heterocycles. The second-order valence-electron chi connectivity index (χ2n) is 2.97. The van der Waals surface area contributed by atoms with Gasteiger partial charge in [0.15, 0.2) is 5.78 Å². The second-order valence-corrected chi connectivity index (χ2v) is 2.97. The lowest BCUT2D eigenvalue weighted by Crippen LogP contribution is -2.02. The number of ketones is 1. The van der Waals surface area contributed by atoms with E-state index in [1.54, 1.807) is 6.92 Å². The highest BCUT2D eigenvalue weighted by molar-refractivity contribution is 5.96. The molecule has 1 aromatic rings. The van der Waals surface area contributed by atoms with Crippen LogP contribution in [0, 0.1) is 23.5 Å². The van der Waals surface area contributed by atoms with Gasteiger partial charge in [-0.1, -0.05) is 0 Å². The first kappa shape index (κ1) is 11.4. The van der Waals surface area contributed by atoms with Gasteiger partial charge in [-0.3, -0.25) is 4.79 Å². The third-order valence-corrected chi connectivity index (χ3v) is 1.88. The van der Waals surface area contributed by atoms with E-state index < -0.39 is 17.4 Å². The largest absolute Gasteiger partial charge is 0.294 e. The molecule has 0 saturated heterocycles. The number of halogens is 2. The summed E-state index contributed by atoms with van der Waals surface area (Å²) >= 11 is 0. The summed E-state index contributed by atoms with van der Waals surface area (Å²) in [7, 11) is 0. The molecule has 0 aliphatic heterocycles. The van der Waals surface area contributed by atoms with Crippen molar-refractivity contribution in [2.75, 3.05) is 0 Å². The van der Waals surface area contributed by atoms with Gasteiger partial charge in [-0.2, -0.15) is 0 Å². The molecule has 0 radical (unpaired) electrons. The monoisotopic (exact) mass is 208 g/mol. The van der Waals surface area contributed by atoms with Crippen LogP contribution in [0.1, 0.15) is 30.1 Å². The highest BCUT2D eigenvalue weighted by Gasteiger charge is 2.11. The molecule has 0 aliphatic carbocycles. The van der Waals surface area contributed by atoms with Crippen molar-refractivity contribution in [2.24, 2.45) is 0 Å². The summed E-state index contributed by atoms with van der Waals surface area (Å²) in [4.78, 5) is 11.4. The molecule has 0 N–H and O–H groups in total. The van der Waals surface area contributed by atoms with E-state index in [2.05, 4.69) is 11.8 Å². The zero-order chi connectivity index (χ0) is 11.3. The zero-order valence-corrected chi connectivity index (χ0v) is 8.31. The Morgan fingerprint density at radius 2 is 2.13 bits per heavy atom. The number of carbonyl (C=O) groups excluding carboxylic acids is 1. The second kappa shape index (κ2) is 5.26. The molecule has 1 aromatic carbocycles. The highest BCUT2D eigenvalue weighted by Crippen LogP contribution is 2.12. The average molecular weight is 208 g/mol. The SMILES string of the molecule is CC#CCCC(=O)c1cc(F)ccc1F. The third-order valence-electron chi connectivity index (χ3n) is 1.88. The first-order valence-corrected chi connectivity index (χ1v) is 4.53. The molecule has 78 valence electrons. The molecular formula is C12H10F2O. The maximum Gasteiger partial charge on any atom is 0.166 e. The van der Waals surface area contributed by atoms with Crippen LogP contribution in [0.4, 0.5) is 8.78 Å². The topological polar surface area (TPSA) is 17.1 Å². The van der Waals surface area contributed by atoms with Crippen LogP contribution in [-0.4, -0.2) is 5.78 Å². The van der Waals surface area contributed by atoms with Crippen LogP contribution < -0.4 is 0 Å². The van der Waals surface area contributed by atoms with Crippen LogP contribution in [0.3, 0.4) is 0 Å². The van der Waals surface area contributed by atoms with Crippen molar-refractivity contribution >= 4 is 5.78 Å². The summed E-state index contributed by atoms with van der Waals surface area (Å²) in [6.45, 7) is 1.66. The standard InChI is InChI=1S/C12H10F2O/c1-2-3-4-5-12(15)10-8-9(13)6-7-11(10)14/h6-8H,4-5H2,1H3. The van der Waals surface area contributed by atoms with Crippen molar-refractivity contribution in [3.8, 4) is 11.8 Å². The molecule has 0 amide bonds. The van der Waals surface area contributed by atoms with Gasteiger partial charge >= 0.3 is 0 Å². The molecule has 0 fully saturated rings. The first-order valence-electron chi connectivity index (χ1n) is 4.53. The number of hydrogen-bond acceptors (Lipinski definition) is 1.